The Bertz CT molecular complexity index is 571. The maximum atomic E-state index is 13.5. The van der Waals surface area contributed by atoms with E-state index in [4.69, 9.17) is 0 Å². The highest BCUT2D eigenvalue weighted by atomic mass is 19.1. The first-order chi connectivity index (χ1) is 9.53. The number of rotatable bonds is 1. The fourth-order valence-electron chi connectivity index (χ4n) is 4.05. The molecule has 2 fully saturated rings. The Kier molecular flexibility index (Phi) is 3.11. The van der Waals surface area contributed by atoms with Crippen LogP contribution in [0.4, 0.5) is 4.39 Å². The van der Waals surface area contributed by atoms with Crippen LogP contribution in [0.1, 0.15) is 44.1 Å². The molecule has 0 radical (unpaired) electrons. The van der Waals surface area contributed by atoms with Gasteiger partial charge in [-0.1, -0.05) is 31.9 Å². The van der Waals surface area contributed by atoms with E-state index in [0.717, 1.165) is 19.3 Å². The second-order valence-electron chi connectivity index (χ2n) is 6.10. The van der Waals surface area contributed by atoms with Crippen LogP contribution in [0.25, 0.3) is 0 Å². The fourth-order valence-corrected chi connectivity index (χ4v) is 4.05. The molecule has 1 aromatic carbocycles. The molecule has 20 heavy (non-hydrogen) atoms. The van der Waals surface area contributed by atoms with Crippen molar-refractivity contribution < 1.29 is 14.0 Å². The molecule has 1 heterocycles. The number of carbonyl (C=O) groups excluding carboxylic acids is 2. The standard InChI is InChI=1S/C16H18FNO2/c1-10-4-3-7-16(10)9-13(19)18-15(20)14(16)11-5-2-6-12(17)8-11/h2,5-6,8,10,14H,3-4,7,9H2,1H3,(H,18,19,20). The molecule has 1 aromatic rings. The molecule has 1 N–H and O–H groups in total. The van der Waals surface area contributed by atoms with Gasteiger partial charge in [-0.25, -0.2) is 4.39 Å². The molecule has 1 aliphatic carbocycles. The van der Waals surface area contributed by atoms with Crippen LogP contribution in [0.2, 0.25) is 0 Å². The number of benzene rings is 1. The monoisotopic (exact) mass is 275 g/mol. The third-order valence-corrected chi connectivity index (χ3v) is 5.03. The van der Waals surface area contributed by atoms with E-state index in [1.165, 1.54) is 12.1 Å². The number of carbonyl (C=O) groups is 2. The van der Waals surface area contributed by atoms with Crippen LogP contribution in [0.3, 0.4) is 0 Å². The topological polar surface area (TPSA) is 46.2 Å². The largest absolute Gasteiger partial charge is 0.296 e. The van der Waals surface area contributed by atoms with E-state index in [1.54, 1.807) is 12.1 Å². The summed E-state index contributed by atoms with van der Waals surface area (Å²) in [5, 5.41) is 2.42. The summed E-state index contributed by atoms with van der Waals surface area (Å²) in [4.78, 5) is 24.2. The van der Waals surface area contributed by atoms with E-state index in [9.17, 15) is 14.0 Å². The number of halogens is 1. The van der Waals surface area contributed by atoms with Crippen molar-refractivity contribution in [1.29, 1.82) is 0 Å². The maximum Gasteiger partial charge on any atom is 0.234 e. The van der Waals surface area contributed by atoms with Gasteiger partial charge in [0.05, 0.1) is 5.92 Å². The van der Waals surface area contributed by atoms with Crippen molar-refractivity contribution >= 4 is 11.8 Å². The molecule has 3 rings (SSSR count). The van der Waals surface area contributed by atoms with Crippen LogP contribution in [-0.4, -0.2) is 11.8 Å². The number of amides is 2. The third kappa shape index (κ3) is 1.94. The Labute approximate surface area is 117 Å². The Morgan fingerprint density at radius 2 is 2.15 bits per heavy atom. The molecular formula is C16H18FNO2. The fraction of sp³-hybridized carbons (Fsp3) is 0.500. The first-order valence-electron chi connectivity index (χ1n) is 7.12. The van der Waals surface area contributed by atoms with E-state index in [2.05, 4.69) is 12.2 Å². The van der Waals surface area contributed by atoms with Gasteiger partial charge in [0.1, 0.15) is 5.82 Å². The van der Waals surface area contributed by atoms with Gasteiger partial charge in [0.15, 0.2) is 0 Å². The molecular weight excluding hydrogens is 257 g/mol. The molecule has 3 nitrogen and oxygen atoms in total. The summed E-state index contributed by atoms with van der Waals surface area (Å²) in [6.07, 6.45) is 3.26. The van der Waals surface area contributed by atoms with Gasteiger partial charge in [-0.3, -0.25) is 14.9 Å². The van der Waals surface area contributed by atoms with Gasteiger partial charge in [0.2, 0.25) is 11.8 Å². The number of hydrogen-bond donors (Lipinski definition) is 1. The molecule has 1 saturated heterocycles. The molecule has 3 atom stereocenters. The van der Waals surface area contributed by atoms with Crippen molar-refractivity contribution in [3.05, 3.63) is 35.6 Å². The second kappa shape index (κ2) is 4.69. The lowest BCUT2D eigenvalue weighted by molar-refractivity contribution is -0.141. The molecule has 0 bridgehead atoms. The van der Waals surface area contributed by atoms with E-state index in [-0.39, 0.29) is 23.0 Å². The predicted octanol–water partition coefficient (Wildman–Crippen LogP) is 2.76. The quantitative estimate of drug-likeness (QED) is 0.801. The lowest BCUT2D eigenvalue weighted by Crippen LogP contribution is -2.51. The highest BCUT2D eigenvalue weighted by Gasteiger charge is 2.54. The lowest BCUT2D eigenvalue weighted by atomic mass is 9.62. The zero-order chi connectivity index (χ0) is 14.3. The minimum Gasteiger partial charge on any atom is -0.296 e. The lowest BCUT2D eigenvalue weighted by Gasteiger charge is -2.43. The smallest absolute Gasteiger partial charge is 0.234 e. The van der Waals surface area contributed by atoms with Gasteiger partial charge >= 0.3 is 0 Å². The van der Waals surface area contributed by atoms with Gasteiger partial charge in [0.25, 0.3) is 0 Å². The minimum absolute atomic E-state index is 0.198. The summed E-state index contributed by atoms with van der Waals surface area (Å²) in [6.45, 7) is 2.10. The summed E-state index contributed by atoms with van der Waals surface area (Å²) in [5.41, 5.74) is 0.344. The Morgan fingerprint density at radius 3 is 2.80 bits per heavy atom. The molecule has 3 unspecified atom stereocenters. The highest BCUT2D eigenvalue weighted by Crippen LogP contribution is 2.56. The van der Waals surface area contributed by atoms with E-state index < -0.39 is 5.92 Å². The van der Waals surface area contributed by atoms with Crippen molar-refractivity contribution in [2.45, 2.75) is 38.5 Å². The third-order valence-electron chi connectivity index (χ3n) is 5.03. The average molecular weight is 275 g/mol. The summed E-state index contributed by atoms with van der Waals surface area (Å²) in [5.74, 6) is -0.941. The van der Waals surface area contributed by atoms with Gasteiger partial charge in [0, 0.05) is 6.42 Å². The highest BCUT2D eigenvalue weighted by molar-refractivity contribution is 6.02. The van der Waals surface area contributed by atoms with E-state index in [1.807, 2.05) is 0 Å². The van der Waals surface area contributed by atoms with Gasteiger partial charge < -0.3 is 0 Å². The number of nitrogens with one attached hydrogen (secondary N) is 1. The van der Waals surface area contributed by atoms with Crippen molar-refractivity contribution in [1.82, 2.24) is 5.32 Å². The SMILES string of the molecule is CC1CCCC12CC(=O)NC(=O)C2c1cccc(F)c1. The van der Waals surface area contributed by atoms with Crippen molar-refractivity contribution in [3.63, 3.8) is 0 Å². The summed E-state index contributed by atoms with van der Waals surface area (Å²) in [6, 6.07) is 6.21. The molecule has 2 aliphatic rings. The van der Waals surface area contributed by atoms with Crippen LogP contribution in [0, 0.1) is 17.2 Å². The van der Waals surface area contributed by atoms with Gasteiger partial charge in [-0.05, 0) is 35.4 Å². The van der Waals surface area contributed by atoms with Crippen molar-refractivity contribution in [3.8, 4) is 0 Å². The molecule has 1 aliphatic heterocycles. The molecule has 4 heteroatoms. The summed E-state index contributed by atoms with van der Waals surface area (Å²) < 4.78 is 13.5. The zero-order valence-corrected chi connectivity index (χ0v) is 11.5. The summed E-state index contributed by atoms with van der Waals surface area (Å²) in [7, 11) is 0. The van der Waals surface area contributed by atoms with Gasteiger partial charge in [-0.15, -0.1) is 0 Å². The van der Waals surface area contributed by atoms with Crippen LogP contribution in [0.5, 0.6) is 0 Å². The number of piperidine rings is 1. The molecule has 106 valence electrons. The Morgan fingerprint density at radius 1 is 1.35 bits per heavy atom. The zero-order valence-electron chi connectivity index (χ0n) is 11.5. The van der Waals surface area contributed by atoms with E-state index in [0.29, 0.717) is 17.9 Å². The van der Waals surface area contributed by atoms with Crippen LogP contribution < -0.4 is 5.32 Å². The van der Waals surface area contributed by atoms with E-state index >= 15 is 0 Å². The minimum atomic E-state index is -0.423. The molecule has 0 aromatic heterocycles. The van der Waals surface area contributed by atoms with Crippen LogP contribution in [-0.2, 0) is 9.59 Å². The first kappa shape index (κ1) is 13.3. The predicted molar refractivity (Wildman–Crippen MR) is 72.4 cm³/mol. The van der Waals surface area contributed by atoms with Crippen LogP contribution in [0.15, 0.2) is 24.3 Å². The van der Waals surface area contributed by atoms with Crippen molar-refractivity contribution in [2.24, 2.45) is 11.3 Å². The van der Waals surface area contributed by atoms with Gasteiger partial charge in [-0.2, -0.15) is 0 Å². The molecule has 1 saturated carbocycles. The van der Waals surface area contributed by atoms with Crippen LogP contribution >= 0.6 is 0 Å². The Balaban J connectivity index is 2.09. The normalized spacial score (nSPS) is 33.5. The molecule has 1 spiro atoms. The maximum absolute atomic E-state index is 13.5. The average Bonchev–Trinajstić information content (AvgIpc) is 2.70. The first-order valence-corrected chi connectivity index (χ1v) is 7.12. The summed E-state index contributed by atoms with van der Waals surface area (Å²) >= 11 is 0. The second-order valence-corrected chi connectivity index (χ2v) is 6.10. The van der Waals surface area contributed by atoms with Crippen molar-refractivity contribution in [2.75, 3.05) is 0 Å². The molecule has 2 amide bonds. The number of imide groups is 1. The number of hydrogen-bond acceptors (Lipinski definition) is 2. The Hall–Kier alpha value is -1.71.